The number of rotatable bonds is 5. The van der Waals surface area contributed by atoms with Gasteiger partial charge in [-0.25, -0.2) is 0 Å². The van der Waals surface area contributed by atoms with Crippen molar-refractivity contribution in [1.29, 1.82) is 0 Å². The number of para-hydroxylation sites is 3. The summed E-state index contributed by atoms with van der Waals surface area (Å²) in [6.07, 6.45) is 1.03. The molecule has 8 aromatic carbocycles. The first kappa shape index (κ1) is 34.1. The van der Waals surface area contributed by atoms with E-state index in [1.54, 1.807) is 0 Å². The number of benzene rings is 8. The van der Waals surface area contributed by atoms with E-state index in [0.29, 0.717) is 0 Å². The van der Waals surface area contributed by atoms with Gasteiger partial charge in [0.25, 0.3) is 6.71 Å². The number of hydrogen-bond donors (Lipinski definition) is 0. The summed E-state index contributed by atoms with van der Waals surface area (Å²) < 4.78 is 6.53. The molecule has 13 rings (SSSR count). The molecule has 0 unspecified atom stereocenters. The Morgan fingerprint density at radius 2 is 1.17 bits per heavy atom. The van der Waals surface area contributed by atoms with Crippen molar-refractivity contribution in [2.75, 3.05) is 14.7 Å². The fourth-order valence-corrected chi connectivity index (χ4v) is 10.4. The third kappa shape index (κ3) is 4.91. The molecule has 0 amide bonds. The van der Waals surface area contributed by atoms with Crippen molar-refractivity contribution in [2.24, 2.45) is 0 Å². The van der Waals surface area contributed by atoms with Crippen LogP contribution in [0.25, 0.3) is 0 Å². The predicted octanol–water partition coefficient (Wildman–Crippen LogP) is 12.2. The average Bonchev–Trinajstić information content (AvgIpc) is 3.27. The summed E-state index contributed by atoms with van der Waals surface area (Å²) in [6.45, 7) is 9.18. The normalized spacial score (nSPS) is 14.5. The van der Waals surface area contributed by atoms with Gasteiger partial charge >= 0.3 is 0 Å². The van der Waals surface area contributed by atoms with Crippen LogP contribution in [-0.2, 0) is 11.8 Å². The molecule has 2 bridgehead atoms. The molecule has 0 N–H and O–H groups in total. The minimum absolute atomic E-state index is 0.0805. The highest BCUT2D eigenvalue weighted by atomic mass is 16.5. The molecule has 3 aliphatic heterocycles. The van der Waals surface area contributed by atoms with E-state index in [1.165, 1.54) is 78.2 Å². The van der Waals surface area contributed by atoms with Crippen LogP contribution in [0.1, 0.15) is 47.2 Å². The summed E-state index contributed by atoms with van der Waals surface area (Å²) in [4.78, 5) is 7.43. The van der Waals surface area contributed by atoms with Crippen LogP contribution >= 0.6 is 0 Å². The molecular formula is C54H42BN3O. The number of aryl methyl sites for hydroxylation is 2. The predicted molar refractivity (Wildman–Crippen MR) is 246 cm³/mol. The SMILES string of the molecule is Cc1ccc(N2c3cccc4c3B(c3ccc(N(c5ccccc5)c5ccc6c(c5)C(C)(C)c5ccccc5O6)cc3N4c3ccccc3)c3c2cc2c(C)c3C2)cc1. The zero-order chi connectivity index (χ0) is 39.6. The highest BCUT2D eigenvalue weighted by molar-refractivity contribution is 7.00. The van der Waals surface area contributed by atoms with Crippen LogP contribution < -0.4 is 35.8 Å². The first-order chi connectivity index (χ1) is 28.8. The van der Waals surface area contributed by atoms with Crippen molar-refractivity contribution in [1.82, 2.24) is 0 Å². The Labute approximate surface area is 346 Å². The monoisotopic (exact) mass is 759 g/mol. The summed E-state index contributed by atoms with van der Waals surface area (Å²) >= 11 is 0. The van der Waals surface area contributed by atoms with Gasteiger partial charge in [0, 0.05) is 67.7 Å². The van der Waals surface area contributed by atoms with Crippen LogP contribution in [0, 0.1) is 13.8 Å². The molecule has 5 heteroatoms. The lowest BCUT2D eigenvalue weighted by Crippen LogP contribution is -2.63. The lowest BCUT2D eigenvalue weighted by molar-refractivity contribution is 0.418. The van der Waals surface area contributed by atoms with Crippen molar-refractivity contribution in [2.45, 2.75) is 39.5 Å². The van der Waals surface area contributed by atoms with Gasteiger partial charge in [-0.05, 0) is 144 Å². The topological polar surface area (TPSA) is 19.0 Å². The Hall–Kier alpha value is -6.98. The van der Waals surface area contributed by atoms with E-state index >= 15 is 0 Å². The van der Waals surface area contributed by atoms with Crippen molar-refractivity contribution in [3.05, 3.63) is 203 Å². The summed E-state index contributed by atoms with van der Waals surface area (Å²) in [5.74, 6) is 1.84. The maximum atomic E-state index is 6.53. The Balaban J connectivity index is 1.09. The molecule has 0 saturated heterocycles. The van der Waals surface area contributed by atoms with Crippen LogP contribution in [-0.4, -0.2) is 6.71 Å². The molecule has 59 heavy (non-hydrogen) atoms. The smallest absolute Gasteiger partial charge is 0.252 e. The molecule has 0 atom stereocenters. The molecule has 4 nitrogen and oxygen atoms in total. The number of ether oxygens (including phenoxy) is 1. The Bertz CT molecular complexity index is 3010. The Morgan fingerprint density at radius 1 is 0.525 bits per heavy atom. The highest BCUT2D eigenvalue weighted by Crippen LogP contribution is 2.51. The van der Waals surface area contributed by atoms with Gasteiger partial charge in [-0.15, -0.1) is 0 Å². The van der Waals surface area contributed by atoms with Crippen molar-refractivity contribution in [3.8, 4) is 11.5 Å². The van der Waals surface area contributed by atoms with E-state index in [4.69, 9.17) is 4.74 Å². The van der Waals surface area contributed by atoms with Gasteiger partial charge in [-0.3, -0.25) is 0 Å². The second-order valence-corrected chi connectivity index (χ2v) is 17.1. The standard InChI is InChI=1S/C54H42BN3O/c1-34-22-24-39(25-23-34)58-47-20-13-19-46-53(47)55(52-42-30-36(35(42)2)31-49(52)58)45-28-26-41(33-48(45)57(46)38-16-9-6-10-17-38)56(37-14-7-5-8-15-37)40-27-29-51-44(32-40)54(3,4)43-18-11-12-21-50(43)59-51/h5-29,31-33H,30H2,1-4H3. The van der Waals surface area contributed by atoms with Gasteiger partial charge in [-0.1, -0.05) is 98.3 Å². The number of hydrogen-bond acceptors (Lipinski definition) is 4. The molecule has 5 aliphatic rings. The second-order valence-electron chi connectivity index (χ2n) is 17.1. The summed E-state index contributed by atoms with van der Waals surface area (Å²) in [7, 11) is 0. The van der Waals surface area contributed by atoms with E-state index in [1.807, 2.05) is 0 Å². The average molecular weight is 760 g/mol. The molecule has 8 aromatic rings. The van der Waals surface area contributed by atoms with Gasteiger partial charge in [0.1, 0.15) is 11.5 Å². The van der Waals surface area contributed by atoms with Crippen LogP contribution in [0.2, 0.25) is 0 Å². The fraction of sp³-hybridized carbons (Fsp3) is 0.111. The lowest BCUT2D eigenvalue weighted by atomic mass is 9.32. The quantitative estimate of drug-likeness (QED) is 0.163. The molecular weight excluding hydrogens is 717 g/mol. The maximum absolute atomic E-state index is 6.53. The lowest BCUT2D eigenvalue weighted by Gasteiger charge is -2.46. The number of anilines is 9. The molecule has 2 aliphatic carbocycles. The molecule has 0 aromatic heterocycles. The van der Waals surface area contributed by atoms with Crippen LogP contribution in [0.5, 0.6) is 11.5 Å². The maximum Gasteiger partial charge on any atom is 0.252 e. The molecule has 0 spiro atoms. The van der Waals surface area contributed by atoms with Crippen LogP contribution in [0.3, 0.4) is 0 Å². The third-order valence-electron chi connectivity index (χ3n) is 13.4. The van der Waals surface area contributed by atoms with Crippen molar-refractivity contribution >= 4 is 74.3 Å². The minimum Gasteiger partial charge on any atom is -0.457 e. The van der Waals surface area contributed by atoms with Crippen molar-refractivity contribution in [3.63, 3.8) is 0 Å². The van der Waals surface area contributed by atoms with E-state index in [0.717, 1.165) is 40.7 Å². The third-order valence-corrected chi connectivity index (χ3v) is 13.4. The van der Waals surface area contributed by atoms with Crippen molar-refractivity contribution < 1.29 is 4.74 Å². The molecule has 282 valence electrons. The second kappa shape index (κ2) is 12.5. The van der Waals surface area contributed by atoms with Gasteiger partial charge in [0.2, 0.25) is 0 Å². The largest absolute Gasteiger partial charge is 0.457 e. The van der Waals surface area contributed by atoms with E-state index in [9.17, 15) is 0 Å². The van der Waals surface area contributed by atoms with Gasteiger partial charge in [-0.2, -0.15) is 0 Å². The van der Waals surface area contributed by atoms with Gasteiger partial charge in [0.05, 0.1) is 0 Å². The highest BCUT2D eigenvalue weighted by Gasteiger charge is 2.46. The minimum atomic E-state index is -0.245. The summed E-state index contributed by atoms with van der Waals surface area (Å²) in [5.41, 5.74) is 22.5. The molecule has 0 saturated carbocycles. The zero-order valence-corrected chi connectivity index (χ0v) is 33.7. The van der Waals surface area contributed by atoms with E-state index in [-0.39, 0.29) is 12.1 Å². The van der Waals surface area contributed by atoms with Crippen LogP contribution in [0.4, 0.5) is 51.2 Å². The number of fused-ring (bicyclic) bond motifs is 4. The Kier molecular flexibility index (Phi) is 7.23. The van der Waals surface area contributed by atoms with Gasteiger partial charge in [0.15, 0.2) is 0 Å². The van der Waals surface area contributed by atoms with E-state index in [2.05, 4.69) is 212 Å². The molecule has 0 fully saturated rings. The summed E-state index contributed by atoms with van der Waals surface area (Å²) in [5, 5.41) is 0. The van der Waals surface area contributed by atoms with Crippen LogP contribution in [0.15, 0.2) is 170 Å². The molecule has 3 heterocycles. The zero-order valence-electron chi connectivity index (χ0n) is 33.7. The number of nitrogens with zero attached hydrogens (tertiary/aromatic N) is 3. The fourth-order valence-electron chi connectivity index (χ4n) is 10.4. The van der Waals surface area contributed by atoms with E-state index < -0.39 is 0 Å². The van der Waals surface area contributed by atoms with Gasteiger partial charge < -0.3 is 19.4 Å². The first-order valence-electron chi connectivity index (χ1n) is 20.8. The first-order valence-corrected chi connectivity index (χ1v) is 20.8. The molecule has 0 radical (unpaired) electrons. The Morgan fingerprint density at radius 3 is 1.93 bits per heavy atom. The summed E-state index contributed by atoms with van der Waals surface area (Å²) in [6, 6.07) is 62.4.